The first-order chi connectivity index (χ1) is 8.04. The third kappa shape index (κ3) is 3.42. The Kier molecular flexibility index (Phi) is 5.98. The summed E-state index contributed by atoms with van der Waals surface area (Å²) in [5.74, 6) is 0. The maximum Gasteiger partial charge on any atom is 1.00 e. The van der Waals surface area contributed by atoms with Gasteiger partial charge >= 0.3 is 51.4 Å². The van der Waals surface area contributed by atoms with E-state index >= 15 is 0 Å². The summed E-state index contributed by atoms with van der Waals surface area (Å²) in [4.78, 5) is -0.132. The van der Waals surface area contributed by atoms with E-state index in [1.807, 2.05) is 12.1 Å². The monoisotopic (exact) mass is 288 g/mol. The SMILES string of the molecule is CCCc1ccc(S(=O)(=O)[O-])c2ccccc12.[K+]. The van der Waals surface area contributed by atoms with Crippen LogP contribution in [0.15, 0.2) is 41.3 Å². The van der Waals surface area contributed by atoms with Crippen LogP contribution in [0.1, 0.15) is 18.9 Å². The fraction of sp³-hybridized carbons (Fsp3) is 0.231. The molecule has 5 heteroatoms. The second-order valence-electron chi connectivity index (χ2n) is 3.97. The van der Waals surface area contributed by atoms with E-state index in [-0.39, 0.29) is 56.3 Å². The van der Waals surface area contributed by atoms with Crippen molar-refractivity contribution in [2.45, 2.75) is 24.7 Å². The van der Waals surface area contributed by atoms with Crippen LogP contribution in [-0.2, 0) is 16.5 Å². The molecule has 2 aromatic carbocycles. The molecule has 0 atom stereocenters. The van der Waals surface area contributed by atoms with E-state index in [1.54, 1.807) is 18.2 Å². The zero-order valence-electron chi connectivity index (χ0n) is 10.5. The Labute approximate surface area is 150 Å². The van der Waals surface area contributed by atoms with Crippen LogP contribution in [0.3, 0.4) is 0 Å². The molecule has 0 saturated heterocycles. The van der Waals surface area contributed by atoms with Gasteiger partial charge in [0.15, 0.2) is 0 Å². The molecule has 0 bridgehead atoms. The van der Waals surface area contributed by atoms with E-state index in [0.717, 1.165) is 23.8 Å². The predicted molar refractivity (Wildman–Crippen MR) is 65.9 cm³/mol. The molecule has 3 nitrogen and oxygen atoms in total. The smallest absolute Gasteiger partial charge is 0.744 e. The van der Waals surface area contributed by atoms with Crippen molar-refractivity contribution in [3.05, 3.63) is 42.0 Å². The Hall–Kier alpha value is 0.246. The fourth-order valence-corrected chi connectivity index (χ4v) is 2.72. The van der Waals surface area contributed by atoms with Gasteiger partial charge in [-0.1, -0.05) is 43.7 Å². The largest absolute Gasteiger partial charge is 1.00 e. The van der Waals surface area contributed by atoms with E-state index in [0.29, 0.717) is 5.39 Å². The summed E-state index contributed by atoms with van der Waals surface area (Å²) in [5.41, 5.74) is 1.08. The number of benzene rings is 2. The molecule has 0 amide bonds. The van der Waals surface area contributed by atoms with Gasteiger partial charge in [0.1, 0.15) is 10.1 Å². The third-order valence-electron chi connectivity index (χ3n) is 2.76. The minimum Gasteiger partial charge on any atom is -0.744 e. The van der Waals surface area contributed by atoms with Crippen LogP contribution in [0.4, 0.5) is 0 Å². The molecule has 0 aliphatic heterocycles. The Balaban J connectivity index is 0.00000162. The summed E-state index contributed by atoms with van der Waals surface area (Å²) in [6, 6.07) is 10.3. The number of hydrogen-bond donors (Lipinski definition) is 0. The molecule has 0 radical (unpaired) electrons. The first-order valence-corrected chi connectivity index (χ1v) is 6.91. The third-order valence-corrected chi connectivity index (χ3v) is 3.66. The standard InChI is InChI=1S/C13H14O3S.K/c1-2-5-10-8-9-13(17(14,15)16)12-7-4-3-6-11(10)12;/h3-4,6-9H,2,5H2,1H3,(H,14,15,16);/q;+1/p-1. The van der Waals surface area contributed by atoms with Crippen molar-refractivity contribution in [1.82, 2.24) is 0 Å². The van der Waals surface area contributed by atoms with Crippen molar-refractivity contribution in [3.8, 4) is 0 Å². The van der Waals surface area contributed by atoms with Crippen LogP contribution < -0.4 is 51.4 Å². The summed E-state index contributed by atoms with van der Waals surface area (Å²) < 4.78 is 33.5. The molecule has 2 rings (SSSR count). The van der Waals surface area contributed by atoms with Crippen LogP contribution in [0.2, 0.25) is 0 Å². The Bertz CT molecular complexity index is 650. The van der Waals surface area contributed by atoms with Gasteiger partial charge in [-0.25, -0.2) is 8.42 Å². The summed E-state index contributed by atoms with van der Waals surface area (Å²) in [7, 11) is -4.41. The normalized spacial score (nSPS) is 11.2. The first kappa shape index (κ1) is 16.3. The van der Waals surface area contributed by atoms with Crippen molar-refractivity contribution in [3.63, 3.8) is 0 Å². The summed E-state index contributed by atoms with van der Waals surface area (Å²) in [5, 5.41) is 1.37. The van der Waals surface area contributed by atoms with Gasteiger partial charge in [-0.2, -0.15) is 0 Å². The zero-order chi connectivity index (χ0) is 12.5. The molecule has 0 unspecified atom stereocenters. The van der Waals surface area contributed by atoms with Gasteiger partial charge < -0.3 is 4.55 Å². The van der Waals surface area contributed by atoms with Crippen molar-refractivity contribution in [1.29, 1.82) is 0 Å². The predicted octanol–water partition coefficient (Wildman–Crippen LogP) is -0.300. The molecule has 0 heterocycles. The van der Waals surface area contributed by atoms with Crippen LogP contribution in [-0.4, -0.2) is 13.0 Å². The fourth-order valence-electron chi connectivity index (χ4n) is 2.04. The molecule has 2 aromatic rings. The second-order valence-corrected chi connectivity index (χ2v) is 5.32. The van der Waals surface area contributed by atoms with Crippen molar-refractivity contribution in [2.24, 2.45) is 0 Å². The van der Waals surface area contributed by atoms with Crippen molar-refractivity contribution >= 4 is 20.9 Å². The Morgan fingerprint density at radius 1 is 1.06 bits per heavy atom. The molecule has 0 spiro atoms. The van der Waals surface area contributed by atoms with Gasteiger partial charge in [-0.3, -0.25) is 0 Å². The van der Waals surface area contributed by atoms with Gasteiger partial charge in [-0.15, -0.1) is 0 Å². The summed E-state index contributed by atoms with van der Waals surface area (Å²) >= 11 is 0. The van der Waals surface area contributed by atoms with E-state index in [9.17, 15) is 13.0 Å². The van der Waals surface area contributed by atoms with Crippen LogP contribution >= 0.6 is 0 Å². The molecule has 0 saturated carbocycles. The Morgan fingerprint density at radius 2 is 1.67 bits per heavy atom. The van der Waals surface area contributed by atoms with Gasteiger partial charge in [-0.05, 0) is 28.8 Å². The van der Waals surface area contributed by atoms with Crippen molar-refractivity contribution < 1.29 is 64.4 Å². The number of aryl methyl sites for hydroxylation is 1. The van der Waals surface area contributed by atoms with Crippen LogP contribution in [0, 0.1) is 0 Å². The van der Waals surface area contributed by atoms with Gasteiger partial charge in [0.2, 0.25) is 0 Å². The number of hydrogen-bond acceptors (Lipinski definition) is 3. The van der Waals surface area contributed by atoms with Crippen LogP contribution in [0.5, 0.6) is 0 Å². The minimum absolute atomic E-state index is 0. The summed E-state index contributed by atoms with van der Waals surface area (Å²) in [6.45, 7) is 2.06. The van der Waals surface area contributed by atoms with Gasteiger partial charge in [0.05, 0.1) is 4.90 Å². The van der Waals surface area contributed by atoms with E-state index in [4.69, 9.17) is 0 Å². The Morgan fingerprint density at radius 3 is 2.22 bits per heavy atom. The molecular formula is C13H13KO3S. The molecule has 0 aliphatic carbocycles. The van der Waals surface area contributed by atoms with Gasteiger partial charge in [0, 0.05) is 0 Å². The molecule has 0 aliphatic rings. The molecule has 0 N–H and O–H groups in total. The molecular weight excluding hydrogens is 275 g/mol. The zero-order valence-corrected chi connectivity index (χ0v) is 14.5. The second kappa shape index (κ2) is 6.61. The van der Waals surface area contributed by atoms with E-state index in [1.165, 1.54) is 6.07 Å². The average Bonchev–Trinajstić information content (AvgIpc) is 2.28. The maximum atomic E-state index is 11.2. The summed E-state index contributed by atoms with van der Waals surface area (Å²) in [6.07, 6.45) is 1.85. The van der Waals surface area contributed by atoms with Crippen LogP contribution in [0.25, 0.3) is 10.8 Å². The average molecular weight is 288 g/mol. The molecule has 90 valence electrons. The van der Waals surface area contributed by atoms with E-state index in [2.05, 4.69) is 6.92 Å². The van der Waals surface area contributed by atoms with Gasteiger partial charge in [0.25, 0.3) is 0 Å². The first-order valence-electron chi connectivity index (χ1n) is 5.50. The minimum atomic E-state index is -4.41. The van der Waals surface area contributed by atoms with E-state index < -0.39 is 10.1 Å². The van der Waals surface area contributed by atoms with Crippen molar-refractivity contribution in [2.75, 3.05) is 0 Å². The topological polar surface area (TPSA) is 57.2 Å². The number of rotatable bonds is 3. The molecule has 0 fully saturated rings. The maximum absolute atomic E-state index is 11.2. The quantitative estimate of drug-likeness (QED) is 0.575. The molecule has 18 heavy (non-hydrogen) atoms. The molecule has 0 aromatic heterocycles. The number of fused-ring (bicyclic) bond motifs is 1.